The van der Waals surface area contributed by atoms with Crippen LogP contribution in [0.15, 0.2) is 23.6 Å². The number of hydrogen-bond donors (Lipinski definition) is 0. The Hall–Kier alpha value is -2.21. The van der Waals surface area contributed by atoms with Crippen LogP contribution in [0.5, 0.6) is 17.2 Å². The topological polar surface area (TPSA) is 48.0 Å². The first-order chi connectivity index (χ1) is 12.3. The van der Waals surface area contributed by atoms with Crippen LogP contribution in [0.3, 0.4) is 0 Å². The van der Waals surface area contributed by atoms with Crippen LogP contribution in [-0.4, -0.2) is 25.9 Å². The van der Waals surface area contributed by atoms with Crippen LogP contribution in [0.1, 0.15) is 36.6 Å². The van der Waals surface area contributed by atoms with Crippen molar-refractivity contribution in [3.05, 3.63) is 34.0 Å². The van der Waals surface area contributed by atoms with Crippen LogP contribution in [0.2, 0.25) is 0 Å². The zero-order valence-corrected chi connectivity index (χ0v) is 14.9. The molecule has 0 fully saturated rings. The summed E-state index contributed by atoms with van der Waals surface area (Å²) in [5.41, 5.74) is 1.22. The SMILES string of the molecule is CCCCCN1C(=O)C2(COc3cc4c(cc32)OCO4)c2sccc21. The average molecular weight is 357 g/mol. The highest BCUT2D eigenvalue weighted by Gasteiger charge is 2.58. The summed E-state index contributed by atoms with van der Waals surface area (Å²) in [5, 5.41) is 2.07. The Morgan fingerprint density at radius 2 is 2.00 bits per heavy atom. The number of benzene rings is 1. The van der Waals surface area contributed by atoms with Crippen LogP contribution in [-0.2, 0) is 10.2 Å². The van der Waals surface area contributed by atoms with Crippen LogP contribution >= 0.6 is 11.3 Å². The van der Waals surface area contributed by atoms with Gasteiger partial charge >= 0.3 is 0 Å². The van der Waals surface area contributed by atoms with E-state index in [0.717, 1.165) is 47.7 Å². The molecule has 5 nitrogen and oxygen atoms in total. The molecule has 25 heavy (non-hydrogen) atoms. The van der Waals surface area contributed by atoms with Gasteiger partial charge in [-0.3, -0.25) is 4.79 Å². The standard InChI is InChI=1S/C19H19NO4S/c1-2-3-4-6-20-13-5-7-25-17(13)19(18(20)21)10-22-14-9-16-15(8-12(14)19)23-11-24-16/h5,7-9H,2-4,6,10-11H2,1H3. The highest BCUT2D eigenvalue weighted by molar-refractivity contribution is 7.11. The van der Waals surface area contributed by atoms with E-state index in [9.17, 15) is 4.79 Å². The zero-order valence-electron chi connectivity index (χ0n) is 14.0. The predicted molar refractivity (Wildman–Crippen MR) is 95.0 cm³/mol. The largest absolute Gasteiger partial charge is 0.491 e. The number of nitrogens with zero attached hydrogens (tertiary/aromatic N) is 1. The molecule has 0 aliphatic carbocycles. The van der Waals surface area contributed by atoms with Gasteiger partial charge in [0.2, 0.25) is 12.7 Å². The third-order valence-corrected chi connectivity index (χ3v) is 6.36. The van der Waals surface area contributed by atoms with Crippen molar-refractivity contribution in [2.45, 2.75) is 31.6 Å². The van der Waals surface area contributed by atoms with Gasteiger partial charge in [-0.2, -0.15) is 0 Å². The molecule has 1 aromatic carbocycles. The molecule has 3 aliphatic heterocycles. The van der Waals surface area contributed by atoms with Crippen LogP contribution in [0.4, 0.5) is 5.69 Å². The van der Waals surface area contributed by atoms with Gasteiger partial charge in [0.1, 0.15) is 17.8 Å². The highest BCUT2D eigenvalue weighted by atomic mass is 32.1. The molecular weight excluding hydrogens is 338 g/mol. The molecule has 5 rings (SSSR count). The molecule has 130 valence electrons. The first-order valence-electron chi connectivity index (χ1n) is 8.72. The number of carbonyl (C=O) groups excluding carboxylic acids is 1. The number of unbranched alkanes of at least 4 members (excludes halogenated alkanes) is 2. The number of hydrogen-bond acceptors (Lipinski definition) is 5. The summed E-state index contributed by atoms with van der Waals surface area (Å²) in [6, 6.07) is 5.85. The summed E-state index contributed by atoms with van der Waals surface area (Å²) in [6.45, 7) is 3.50. The highest BCUT2D eigenvalue weighted by Crippen LogP contribution is 2.56. The summed E-state index contributed by atoms with van der Waals surface area (Å²) in [6.07, 6.45) is 3.28. The minimum atomic E-state index is -0.730. The molecule has 1 spiro atoms. The first kappa shape index (κ1) is 15.1. The first-order valence-corrected chi connectivity index (χ1v) is 9.60. The zero-order chi connectivity index (χ0) is 17.0. The van der Waals surface area contributed by atoms with Crippen LogP contribution in [0, 0.1) is 0 Å². The van der Waals surface area contributed by atoms with Crippen molar-refractivity contribution in [2.75, 3.05) is 24.8 Å². The quantitative estimate of drug-likeness (QED) is 0.783. The molecule has 0 saturated carbocycles. The molecule has 1 unspecified atom stereocenters. The monoisotopic (exact) mass is 357 g/mol. The Morgan fingerprint density at radius 3 is 2.84 bits per heavy atom. The maximum absolute atomic E-state index is 13.5. The second-order valence-corrected chi connectivity index (χ2v) is 7.61. The summed E-state index contributed by atoms with van der Waals surface area (Å²) in [5.74, 6) is 2.24. The maximum Gasteiger partial charge on any atom is 0.246 e. The predicted octanol–water partition coefficient (Wildman–Crippen LogP) is 3.69. The molecule has 2 aromatic rings. The third kappa shape index (κ3) is 1.91. The Morgan fingerprint density at radius 1 is 1.16 bits per heavy atom. The van der Waals surface area contributed by atoms with Gasteiger partial charge in [0.15, 0.2) is 11.5 Å². The van der Waals surface area contributed by atoms with Crippen molar-refractivity contribution in [3.8, 4) is 17.2 Å². The normalized spacial score (nSPS) is 22.4. The fourth-order valence-electron chi connectivity index (χ4n) is 4.02. The number of rotatable bonds is 4. The molecule has 0 N–H and O–H groups in total. The summed E-state index contributed by atoms with van der Waals surface area (Å²) < 4.78 is 16.9. The minimum Gasteiger partial charge on any atom is -0.491 e. The van der Waals surface area contributed by atoms with Gasteiger partial charge < -0.3 is 19.1 Å². The van der Waals surface area contributed by atoms with Crippen molar-refractivity contribution in [3.63, 3.8) is 0 Å². The number of thiophene rings is 1. The molecular formula is C19H19NO4S. The van der Waals surface area contributed by atoms with Crippen molar-refractivity contribution >= 4 is 22.9 Å². The van der Waals surface area contributed by atoms with E-state index < -0.39 is 5.41 Å². The maximum atomic E-state index is 13.5. The van der Waals surface area contributed by atoms with E-state index in [1.165, 1.54) is 0 Å². The molecule has 4 heterocycles. The van der Waals surface area contributed by atoms with E-state index in [0.29, 0.717) is 18.1 Å². The van der Waals surface area contributed by atoms with Crippen molar-refractivity contribution in [1.29, 1.82) is 0 Å². The van der Waals surface area contributed by atoms with E-state index >= 15 is 0 Å². The molecule has 1 atom stereocenters. The minimum absolute atomic E-state index is 0.128. The lowest BCUT2D eigenvalue weighted by molar-refractivity contribution is -0.122. The van der Waals surface area contributed by atoms with Gasteiger partial charge in [-0.1, -0.05) is 19.8 Å². The van der Waals surface area contributed by atoms with Crippen molar-refractivity contribution in [2.24, 2.45) is 0 Å². The summed E-state index contributed by atoms with van der Waals surface area (Å²) in [4.78, 5) is 16.5. The number of amides is 1. The van der Waals surface area contributed by atoms with E-state index in [4.69, 9.17) is 14.2 Å². The number of carbonyl (C=O) groups is 1. The molecule has 0 bridgehead atoms. The van der Waals surface area contributed by atoms with E-state index in [1.54, 1.807) is 11.3 Å². The van der Waals surface area contributed by atoms with Crippen molar-refractivity contribution in [1.82, 2.24) is 0 Å². The van der Waals surface area contributed by atoms with Gasteiger partial charge in [-0.15, -0.1) is 11.3 Å². The third-order valence-electron chi connectivity index (χ3n) is 5.30. The van der Waals surface area contributed by atoms with Gasteiger partial charge in [0, 0.05) is 18.2 Å². The van der Waals surface area contributed by atoms with E-state index in [2.05, 4.69) is 18.4 Å². The van der Waals surface area contributed by atoms with E-state index in [-0.39, 0.29) is 12.7 Å². The number of ether oxygens (including phenoxy) is 3. The van der Waals surface area contributed by atoms with Crippen molar-refractivity contribution < 1.29 is 19.0 Å². The molecule has 6 heteroatoms. The van der Waals surface area contributed by atoms with E-state index in [1.807, 2.05) is 17.0 Å². The second-order valence-electron chi connectivity index (χ2n) is 6.69. The lowest BCUT2D eigenvalue weighted by Crippen LogP contribution is -2.42. The van der Waals surface area contributed by atoms with Gasteiger partial charge in [0.25, 0.3) is 0 Å². The Labute approximate surface area is 150 Å². The Balaban J connectivity index is 1.61. The number of anilines is 1. The molecule has 3 aliphatic rings. The fourth-order valence-corrected chi connectivity index (χ4v) is 5.11. The number of fused-ring (bicyclic) bond motifs is 5. The Bertz CT molecular complexity index is 861. The van der Waals surface area contributed by atoms with Crippen LogP contribution in [0.25, 0.3) is 0 Å². The van der Waals surface area contributed by atoms with Gasteiger partial charge in [-0.25, -0.2) is 0 Å². The summed E-state index contributed by atoms with van der Waals surface area (Å²) in [7, 11) is 0. The summed E-state index contributed by atoms with van der Waals surface area (Å²) >= 11 is 1.64. The van der Waals surface area contributed by atoms with Gasteiger partial charge in [-0.05, 0) is 23.9 Å². The molecule has 1 aromatic heterocycles. The average Bonchev–Trinajstić information content (AvgIpc) is 3.36. The molecule has 0 saturated heterocycles. The molecule has 1 amide bonds. The second kappa shape index (κ2) is 5.39. The lowest BCUT2D eigenvalue weighted by atomic mass is 9.81. The van der Waals surface area contributed by atoms with Gasteiger partial charge in [0.05, 0.1) is 10.6 Å². The Kier molecular flexibility index (Phi) is 3.25. The molecule has 0 radical (unpaired) electrons. The van der Waals surface area contributed by atoms with Crippen LogP contribution < -0.4 is 19.1 Å². The lowest BCUT2D eigenvalue weighted by Gasteiger charge is -2.23. The smallest absolute Gasteiger partial charge is 0.246 e. The fraction of sp³-hybridized carbons (Fsp3) is 0.421.